The number of rotatable bonds is 4. The third kappa shape index (κ3) is 1.43. The highest BCUT2D eigenvalue weighted by molar-refractivity contribution is 5.72. The van der Waals surface area contributed by atoms with Crippen LogP contribution in [0.4, 0.5) is 0 Å². The molecule has 1 fully saturated rings. The van der Waals surface area contributed by atoms with Crippen molar-refractivity contribution < 1.29 is 24.5 Å². The van der Waals surface area contributed by atoms with Crippen molar-refractivity contribution in [3.05, 3.63) is 0 Å². The summed E-state index contributed by atoms with van der Waals surface area (Å²) in [4.78, 5) is 10.6. The molecule has 5 heteroatoms. The smallest absolute Gasteiger partial charge is 0.307 e. The molecule has 1 aliphatic rings. The summed E-state index contributed by atoms with van der Waals surface area (Å²) in [6.07, 6.45) is 0.292. The van der Waals surface area contributed by atoms with Gasteiger partial charge >= 0.3 is 5.97 Å². The Labute approximate surface area is 76.3 Å². The Morgan fingerprint density at radius 2 is 2.08 bits per heavy atom. The van der Waals surface area contributed by atoms with E-state index in [4.69, 9.17) is 19.7 Å². The largest absolute Gasteiger partial charge is 0.481 e. The zero-order valence-electron chi connectivity index (χ0n) is 7.69. The van der Waals surface area contributed by atoms with Gasteiger partial charge in [-0.15, -0.1) is 0 Å². The maximum Gasteiger partial charge on any atom is 0.307 e. The summed E-state index contributed by atoms with van der Waals surface area (Å²) in [6, 6.07) is 0. The van der Waals surface area contributed by atoms with Crippen LogP contribution in [0.2, 0.25) is 0 Å². The van der Waals surface area contributed by atoms with E-state index in [1.54, 1.807) is 0 Å². The fraction of sp³-hybridized carbons (Fsp3) is 0.875. The molecule has 13 heavy (non-hydrogen) atoms. The highest BCUT2D eigenvalue weighted by Gasteiger charge is 2.58. The number of methoxy groups -OCH3 is 2. The van der Waals surface area contributed by atoms with Gasteiger partial charge in [-0.3, -0.25) is 4.79 Å². The molecule has 0 heterocycles. The van der Waals surface area contributed by atoms with Gasteiger partial charge in [0.1, 0.15) is 0 Å². The molecule has 0 bridgehead atoms. The minimum absolute atomic E-state index is 0.237. The number of ether oxygens (including phenoxy) is 2. The van der Waals surface area contributed by atoms with Gasteiger partial charge in [0, 0.05) is 26.6 Å². The van der Waals surface area contributed by atoms with Crippen LogP contribution in [0.15, 0.2) is 0 Å². The molecule has 0 aromatic rings. The number of carbonyl (C=O) groups is 1. The number of carboxylic acids is 1. The van der Waals surface area contributed by atoms with Crippen molar-refractivity contribution in [2.45, 2.75) is 12.2 Å². The first-order chi connectivity index (χ1) is 6.11. The molecule has 0 aliphatic heterocycles. The van der Waals surface area contributed by atoms with Crippen molar-refractivity contribution in [3.63, 3.8) is 0 Å². The van der Waals surface area contributed by atoms with Gasteiger partial charge in [-0.1, -0.05) is 0 Å². The van der Waals surface area contributed by atoms with Crippen LogP contribution in [0.5, 0.6) is 0 Å². The van der Waals surface area contributed by atoms with Crippen LogP contribution < -0.4 is 0 Å². The number of hydrogen-bond donors (Lipinski definition) is 2. The third-order valence-electron chi connectivity index (χ3n) is 2.76. The van der Waals surface area contributed by atoms with Crippen LogP contribution >= 0.6 is 0 Å². The lowest BCUT2D eigenvalue weighted by Gasteiger charge is -2.50. The van der Waals surface area contributed by atoms with E-state index in [1.165, 1.54) is 14.2 Å². The van der Waals surface area contributed by atoms with Crippen LogP contribution in [-0.4, -0.2) is 42.8 Å². The lowest BCUT2D eigenvalue weighted by molar-refractivity contribution is -0.313. The monoisotopic (exact) mass is 190 g/mol. The van der Waals surface area contributed by atoms with Gasteiger partial charge in [0.25, 0.3) is 0 Å². The van der Waals surface area contributed by atoms with Crippen molar-refractivity contribution in [3.8, 4) is 0 Å². The molecule has 2 atom stereocenters. The van der Waals surface area contributed by atoms with E-state index in [2.05, 4.69) is 0 Å². The molecule has 0 amide bonds. The molecule has 0 saturated heterocycles. The maximum absolute atomic E-state index is 10.6. The summed E-state index contributed by atoms with van der Waals surface area (Å²) < 4.78 is 10.1. The highest BCUT2D eigenvalue weighted by Crippen LogP contribution is 2.46. The number of carboxylic acid groups (broad SMARTS) is 1. The lowest BCUT2D eigenvalue weighted by atomic mass is 9.68. The van der Waals surface area contributed by atoms with Gasteiger partial charge in [-0.25, -0.2) is 0 Å². The summed E-state index contributed by atoms with van der Waals surface area (Å²) in [7, 11) is 2.90. The van der Waals surface area contributed by atoms with E-state index >= 15 is 0 Å². The molecule has 1 rings (SSSR count). The van der Waals surface area contributed by atoms with Crippen LogP contribution in [0.25, 0.3) is 0 Å². The molecular formula is C8H14O5. The second-order valence-electron chi connectivity index (χ2n) is 3.16. The summed E-state index contributed by atoms with van der Waals surface area (Å²) in [5, 5.41) is 17.7. The van der Waals surface area contributed by atoms with Gasteiger partial charge in [-0.2, -0.15) is 0 Å². The molecule has 5 nitrogen and oxygen atoms in total. The van der Waals surface area contributed by atoms with Crippen LogP contribution in [0.3, 0.4) is 0 Å². The Morgan fingerprint density at radius 3 is 2.38 bits per heavy atom. The molecule has 1 saturated carbocycles. The molecular weight excluding hydrogens is 176 g/mol. The third-order valence-corrected chi connectivity index (χ3v) is 2.76. The van der Waals surface area contributed by atoms with E-state index < -0.39 is 23.6 Å². The molecule has 1 unspecified atom stereocenters. The number of hydrogen-bond acceptors (Lipinski definition) is 4. The average molecular weight is 190 g/mol. The van der Waals surface area contributed by atoms with Gasteiger partial charge in [-0.05, 0) is 0 Å². The van der Waals surface area contributed by atoms with Gasteiger partial charge in [0.2, 0.25) is 0 Å². The predicted molar refractivity (Wildman–Crippen MR) is 43.1 cm³/mol. The van der Waals surface area contributed by atoms with Gasteiger partial charge < -0.3 is 19.7 Å². The van der Waals surface area contributed by atoms with E-state index in [0.717, 1.165) is 0 Å². The normalized spacial score (nSPS) is 31.0. The number of aliphatic carboxylic acids is 1. The maximum atomic E-state index is 10.6. The Balaban J connectivity index is 2.70. The second-order valence-corrected chi connectivity index (χ2v) is 3.16. The van der Waals surface area contributed by atoms with Crippen LogP contribution in [-0.2, 0) is 14.3 Å². The molecule has 76 valence electrons. The summed E-state index contributed by atoms with van der Waals surface area (Å²) in [6.45, 7) is -0.237. The van der Waals surface area contributed by atoms with E-state index in [-0.39, 0.29) is 6.61 Å². The van der Waals surface area contributed by atoms with Crippen molar-refractivity contribution >= 4 is 5.97 Å². The van der Waals surface area contributed by atoms with Crippen molar-refractivity contribution in [2.24, 2.45) is 11.8 Å². The average Bonchev–Trinajstić information content (AvgIpc) is 2.05. The Morgan fingerprint density at radius 1 is 1.54 bits per heavy atom. The first-order valence-electron chi connectivity index (χ1n) is 4.05. The van der Waals surface area contributed by atoms with Crippen molar-refractivity contribution in [1.82, 2.24) is 0 Å². The molecule has 1 aliphatic carbocycles. The van der Waals surface area contributed by atoms with Gasteiger partial charge in [0.05, 0.1) is 12.5 Å². The zero-order chi connectivity index (χ0) is 10.1. The van der Waals surface area contributed by atoms with Crippen LogP contribution in [0, 0.1) is 11.8 Å². The number of aliphatic hydroxyl groups excluding tert-OH is 1. The van der Waals surface area contributed by atoms with E-state index in [1.807, 2.05) is 0 Å². The SMILES string of the molecule is COC1(OC)C[C@H](C(=O)O)C1CO. The minimum atomic E-state index is -0.913. The lowest BCUT2D eigenvalue weighted by Crippen LogP contribution is -2.60. The van der Waals surface area contributed by atoms with Gasteiger partial charge in [0.15, 0.2) is 5.79 Å². The Bertz CT molecular complexity index is 199. The minimum Gasteiger partial charge on any atom is -0.481 e. The first kappa shape index (κ1) is 10.4. The molecule has 0 spiro atoms. The zero-order valence-corrected chi connectivity index (χ0v) is 7.69. The molecule has 2 N–H and O–H groups in total. The molecule has 0 aromatic carbocycles. The topological polar surface area (TPSA) is 76.0 Å². The fourth-order valence-electron chi connectivity index (χ4n) is 1.82. The van der Waals surface area contributed by atoms with Crippen molar-refractivity contribution in [1.29, 1.82) is 0 Å². The van der Waals surface area contributed by atoms with E-state index in [9.17, 15) is 4.79 Å². The first-order valence-corrected chi connectivity index (χ1v) is 4.05. The predicted octanol–water partition coefficient (Wildman–Crippen LogP) is -0.312. The quantitative estimate of drug-likeness (QED) is 0.594. The summed E-state index contributed by atoms with van der Waals surface area (Å²) >= 11 is 0. The Kier molecular flexibility index (Phi) is 2.90. The standard InChI is InChI=1S/C8H14O5/c1-12-8(13-2)3-5(7(10)11)6(8)4-9/h5-6,9H,3-4H2,1-2H3,(H,10,11)/t5-,6?/m0/s1. The Hall–Kier alpha value is -0.650. The number of aliphatic hydroxyl groups is 1. The summed E-state index contributed by atoms with van der Waals surface area (Å²) in [5.41, 5.74) is 0. The van der Waals surface area contributed by atoms with Crippen molar-refractivity contribution in [2.75, 3.05) is 20.8 Å². The molecule has 0 aromatic heterocycles. The fourth-order valence-corrected chi connectivity index (χ4v) is 1.82. The molecule has 0 radical (unpaired) electrons. The summed E-state index contributed by atoms with van der Waals surface area (Å²) in [5.74, 6) is -2.86. The van der Waals surface area contributed by atoms with E-state index in [0.29, 0.717) is 6.42 Å². The van der Waals surface area contributed by atoms with Crippen LogP contribution in [0.1, 0.15) is 6.42 Å². The second kappa shape index (κ2) is 3.61. The highest BCUT2D eigenvalue weighted by atomic mass is 16.7.